The Balaban J connectivity index is 2.59. The fourth-order valence-corrected chi connectivity index (χ4v) is 1.94. The van der Waals surface area contributed by atoms with E-state index >= 15 is 0 Å². The lowest BCUT2D eigenvalue weighted by Crippen LogP contribution is -2.05. The molecule has 0 aromatic carbocycles. The number of hydrogen-bond donors (Lipinski definition) is 1. The molecule has 5 nitrogen and oxygen atoms in total. The smallest absolute Gasteiger partial charge is 0.180 e. The summed E-state index contributed by atoms with van der Waals surface area (Å²) in [6.07, 6.45) is 1.74. The van der Waals surface area contributed by atoms with Crippen molar-refractivity contribution >= 4 is 28.4 Å². The first-order valence-corrected chi connectivity index (χ1v) is 5.91. The lowest BCUT2D eigenvalue weighted by molar-refractivity contribution is 0.769. The van der Waals surface area contributed by atoms with Gasteiger partial charge >= 0.3 is 0 Å². The van der Waals surface area contributed by atoms with E-state index in [2.05, 4.69) is 43.0 Å². The molecule has 0 radical (unpaired) electrons. The number of hydrogen-bond acceptors (Lipinski definition) is 4. The molecule has 0 saturated heterocycles. The van der Waals surface area contributed by atoms with Gasteiger partial charge < -0.3 is 5.32 Å². The SMILES string of the molecule is CNc1nc(-c2ccnn2C)nc(C)c1I. The molecule has 0 amide bonds. The number of nitrogens with one attached hydrogen (secondary N) is 1. The lowest BCUT2D eigenvalue weighted by atomic mass is 10.3. The van der Waals surface area contributed by atoms with Crippen LogP contribution in [0.5, 0.6) is 0 Å². The minimum Gasteiger partial charge on any atom is -0.372 e. The monoisotopic (exact) mass is 329 g/mol. The zero-order valence-electron chi connectivity index (χ0n) is 9.32. The Morgan fingerprint density at radius 3 is 2.69 bits per heavy atom. The fourth-order valence-electron chi connectivity index (χ4n) is 1.43. The van der Waals surface area contributed by atoms with Gasteiger partial charge in [-0.2, -0.15) is 5.10 Å². The Labute approximate surface area is 107 Å². The number of anilines is 1. The van der Waals surface area contributed by atoms with Crippen molar-refractivity contribution in [1.29, 1.82) is 0 Å². The molecule has 0 aliphatic heterocycles. The average Bonchev–Trinajstić information content (AvgIpc) is 2.68. The van der Waals surface area contributed by atoms with E-state index in [1.165, 1.54) is 0 Å². The van der Waals surface area contributed by atoms with Crippen LogP contribution in [0.2, 0.25) is 0 Å². The second-order valence-corrected chi connectivity index (χ2v) is 4.46. The molecule has 2 rings (SSSR count). The highest BCUT2D eigenvalue weighted by atomic mass is 127. The van der Waals surface area contributed by atoms with Gasteiger partial charge in [0.25, 0.3) is 0 Å². The summed E-state index contributed by atoms with van der Waals surface area (Å²) >= 11 is 2.24. The van der Waals surface area contributed by atoms with Crippen LogP contribution in [0.25, 0.3) is 11.5 Å². The van der Waals surface area contributed by atoms with Gasteiger partial charge in [-0.3, -0.25) is 4.68 Å². The Morgan fingerprint density at radius 1 is 1.38 bits per heavy atom. The van der Waals surface area contributed by atoms with Crippen LogP contribution < -0.4 is 5.32 Å². The van der Waals surface area contributed by atoms with Gasteiger partial charge in [-0.25, -0.2) is 9.97 Å². The molecular weight excluding hydrogens is 317 g/mol. The van der Waals surface area contributed by atoms with Gasteiger partial charge in [-0.1, -0.05) is 0 Å². The third-order valence-corrected chi connectivity index (χ3v) is 3.60. The van der Waals surface area contributed by atoms with Gasteiger partial charge in [0.05, 0.1) is 9.26 Å². The zero-order valence-corrected chi connectivity index (χ0v) is 11.5. The molecule has 0 atom stereocenters. The summed E-state index contributed by atoms with van der Waals surface area (Å²) in [4.78, 5) is 8.93. The van der Waals surface area contributed by atoms with E-state index in [0.29, 0.717) is 5.82 Å². The van der Waals surface area contributed by atoms with Crippen LogP contribution in [0, 0.1) is 10.5 Å². The van der Waals surface area contributed by atoms with Crippen LogP contribution in [-0.4, -0.2) is 26.8 Å². The first-order chi connectivity index (χ1) is 7.63. The fraction of sp³-hybridized carbons (Fsp3) is 0.300. The van der Waals surface area contributed by atoms with Crippen molar-refractivity contribution in [3.63, 3.8) is 0 Å². The topological polar surface area (TPSA) is 55.6 Å². The second-order valence-electron chi connectivity index (χ2n) is 3.39. The first kappa shape index (κ1) is 11.3. The van der Waals surface area contributed by atoms with E-state index in [4.69, 9.17) is 0 Å². The minimum absolute atomic E-state index is 0.697. The molecular formula is C10H12IN5. The summed E-state index contributed by atoms with van der Waals surface area (Å²) in [5.41, 5.74) is 1.88. The van der Waals surface area contributed by atoms with Gasteiger partial charge in [-0.05, 0) is 35.6 Å². The standard InChI is InChI=1S/C10H12IN5/c1-6-8(11)10(12-2)15-9(14-6)7-4-5-13-16(7)3/h4-5H,1-3H3,(H,12,14,15). The molecule has 16 heavy (non-hydrogen) atoms. The highest BCUT2D eigenvalue weighted by Gasteiger charge is 2.11. The van der Waals surface area contributed by atoms with E-state index in [1.807, 2.05) is 27.1 Å². The Kier molecular flexibility index (Phi) is 3.08. The maximum Gasteiger partial charge on any atom is 0.180 e. The number of nitrogens with zero attached hydrogens (tertiary/aromatic N) is 4. The minimum atomic E-state index is 0.697. The average molecular weight is 329 g/mol. The summed E-state index contributed by atoms with van der Waals surface area (Å²) in [7, 11) is 3.74. The van der Waals surface area contributed by atoms with E-state index in [9.17, 15) is 0 Å². The quantitative estimate of drug-likeness (QED) is 0.854. The van der Waals surface area contributed by atoms with Gasteiger partial charge in [0, 0.05) is 20.3 Å². The molecule has 1 N–H and O–H groups in total. The van der Waals surface area contributed by atoms with Crippen LogP contribution >= 0.6 is 22.6 Å². The molecule has 0 unspecified atom stereocenters. The van der Waals surface area contributed by atoms with Crippen molar-refractivity contribution in [3.8, 4) is 11.5 Å². The highest BCUT2D eigenvalue weighted by Crippen LogP contribution is 2.22. The van der Waals surface area contributed by atoms with Crippen molar-refractivity contribution in [2.75, 3.05) is 12.4 Å². The van der Waals surface area contributed by atoms with Crippen LogP contribution in [0.4, 0.5) is 5.82 Å². The third-order valence-electron chi connectivity index (χ3n) is 2.30. The highest BCUT2D eigenvalue weighted by molar-refractivity contribution is 14.1. The molecule has 0 aliphatic carbocycles. The van der Waals surface area contributed by atoms with Crippen LogP contribution in [0.3, 0.4) is 0 Å². The maximum absolute atomic E-state index is 4.47. The van der Waals surface area contributed by atoms with E-state index in [-0.39, 0.29) is 0 Å². The molecule has 0 fully saturated rings. The van der Waals surface area contributed by atoms with Crippen LogP contribution in [-0.2, 0) is 7.05 Å². The third kappa shape index (κ3) is 1.89. The number of aromatic nitrogens is 4. The molecule has 0 aliphatic rings. The summed E-state index contributed by atoms with van der Waals surface area (Å²) in [5, 5.41) is 7.18. The van der Waals surface area contributed by atoms with Gasteiger partial charge in [0.15, 0.2) is 5.82 Å². The predicted molar refractivity (Wildman–Crippen MR) is 71.2 cm³/mol. The van der Waals surface area contributed by atoms with E-state index in [1.54, 1.807) is 10.9 Å². The lowest BCUT2D eigenvalue weighted by Gasteiger charge is -2.08. The number of aryl methyl sites for hydroxylation is 2. The Hall–Kier alpha value is -1.18. The van der Waals surface area contributed by atoms with Crippen molar-refractivity contribution in [1.82, 2.24) is 19.7 Å². The van der Waals surface area contributed by atoms with Gasteiger partial charge in [0.1, 0.15) is 11.5 Å². The van der Waals surface area contributed by atoms with Gasteiger partial charge in [-0.15, -0.1) is 0 Å². The van der Waals surface area contributed by atoms with E-state index < -0.39 is 0 Å². The molecule has 2 aromatic heterocycles. The van der Waals surface area contributed by atoms with Crippen molar-refractivity contribution in [2.45, 2.75) is 6.92 Å². The number of halogens is 1. The van der Waals surface area contributed by atoms with E-state index in [0.717, 1.165) is 20.8 Å². The molecule has 0 spiro atoms. The molecule has 0 saturated carbocycles. The Morgan fingerprint density at radius 2 is 2.12 bits per heavy atom. The summed E-state index contributed by atoms with van der Waals surface area (Å²) in [5.74, 6) is 1.55. The number of rotatable bonds is 2. The predicted octanol–water partition coefficient (Wildman–Crippen LogP) is 1.83. The second kappa shape index (κ2) is 4.36. The zero-order chi connectivity index (χ0) is 11.7. The maximum atomic E-state index is 4.47. The molecule has 2 aromatic rings. The summed E-state index contributed by atoms with van der Waals surface area (Å²) < 4.78 is 2.81. The molecule has 84 valence electrons. The molecule has 0 bridgehead atoms. The summed E-state index contributed by atoms with van der Waals surface area (Å²) in [6, 6.07) is 1.90. The Bertz CT molecular complexity index is 520. The molecule has 6 heteroatoms. The van der Waals surface area contributed by atoms with Crippen molar-refractivity contribution in [2.24, 2.45) is 7.05 Å². The molecule has 2 heterocycles. The van der Waals surface area contributed by atoms with Crippen molar-refractivity contribution in [3.05, 3.63) is 21.5 Å². The van der Waals surface area contributed by atoms with Crippen LogP contribution in [0.1, 0.15) is 5.69 Å². The van der Waals surface area contributed by atoms with Crippen LogP contribution in [0.15, 0.2) is 12.3 Å². The summed E-state index contributed by atoms with van der Waals surface area (Å²) in [6.45, 7) is 1.98. The van der Waals surface area contributed by atoms with Gasteiger partial charge in [0.2, 0.25) is 0 Å². The normalized spacial score (nSPS) is 10.5. The largest absolute Gasteiger partial charge is 0.372 e. The van der Waals surface area contributed by atoms with Crippen molar-refractivity contribution < 1.29 is 0 Å². The first-order valence-electron chi connectivity index (χ1n) is 4.83.